The number of morpholine rings is 1. The number of nitrogens with one attached hydrogen (secondary N) is 1. The number of rotatable bonds is 3. The molecule has 0 unspecified atom stereocenters. The Morgan fingerprint density at radius 1 is 1.61 bits per heavy atom. The minimum atomic E-state index is -0.493. The smallest absolute Gasteiger partial charge is 0.410 e. The normalized spacial score (nSPS) is 18.7. The molecule has 0 radical (unpaired) electrons. The van der Waals surface area contributed by atoms with Gasteiger partial charge in [-0.3, -0.25) is 0 Å². The lowest BCUT2D eigenvalue weighted by Crippen LogP contribution is -2.49. The zero-order chi connectivity index (χ0) is 17.0. The van der Waals surface area contributed by atoms with E-state index in [1.807, 2.05) is 20.8 Å². The van der Waals surface area contributed by atoms with Gasteiger partial charge >= 0.3 is 6.09 Å². The van der Waals surface area contributed by atoms with E-state index in [-0.39, 0.29) is 12.2 Å². The molecule has 0 spiro atoms. The maximum Gasteiger partial charge on any atom is 0.410 e. The highest BCUT2D eigenvalue weighted by atomic mass is 127. The largest absolute Gasteiger partial charge is 0.444 e. The van der Waals surface area contributed by atoms with Gasteiger partial charge in [0.2, 0.25) is 0 Å². The van der Waals surface area contributed by atoms with Crippen molar-refractivity contribution in [1.82, 2.24) is 9.88 Å². The van der Waals surface area contributed by atoms with Crippen molar-refractivity contribution in [2.45, 2.75) is 32.5 Å². The van der Waals surface area contributed by atoms with Crippen molar-refractivity contribution in [2.24, 2.45) is 0 Å². The summed E-state index contributed by atoms with van der Waals surface area (Å²) in [5.74, 6) is 0. The summed E-state index contributed by atoms with van der Waals surface area (Å²) >= 11 is 8.10. The van der Waals surface area contributed by atoms with Crippen LogP contribution in [-0.2, 0) is 9.47 Å². The zero-order valence-corrected chi connectivity index (χ0v) is 16.3. The fourth-order valence-electron chi connectivity index (χ4n) is 2.11. The van der Waals surface area contributed by atoms with Gasteiger partial charge in [-0.15, -0.1) is 0 Å². The molecule has 2 heterocycles. The lowest BCUT2D eigenvalue weighted by Gasteiger charge is -2.34. The molecule has 23 heavy (non-hydrogen) atoms. The molecule has 0 bridgehead atoms. The molecule has 1 saturated heterocycles. The van der Waals surface area contributed by atoms with E-state index in [4.69, 9.17) is 21.1 Å². The number of carbonyl (C=O) groups excluding carboxylic acids is 1. The zero-order valence-electron chi connectivity index (χ0n) is 13.4. The van der Waals surface area contributed by atoms with Gasteiger partial charge in [0.1, 0.15) is 10.8 Å². The van der Waals surface area contributed by atoms with Crippen molar-refractivity contribution in [1.29, 1.82) is 0 Å². The Morgan fingerprint density at radius 2 is 2.35 bits per heavy atom. The summed E-state index contributed by atoms with van der Waals surface area (Å²) in [5, 5.41) is 3.73. The second kappa shape index (κ2) is 7.85. The number of aromatic nitrogens is 1. The highest BCUT2D eigenvalue weighted by molar-refractivity contribution is 14.1. The first-order valence-corrected chi connectivity index (χ1v) is 8.85. The number of nitrogens with zero attached hydrogens (tertiary/aromatic N) is 2. The second-order valence-electron chi connectivity index (χ2n) is 6.29. The average molecular weight is 454 g/mol. The van der Waals surface area contributed by atoms with Crippen LogP contribution in [0.4, 0.5) is 10.5 Å². The number of amides is 1. The highest BCUT2D eigenvalue weighted by Gasteiger charge is 2.28. The molecule has 1 amide bonds. The van der Waals surface area contributed by atoms with Crippen molar-refractivity contribution in [3.63, 3.8) is 0 Å². The molecule has 1 fully saturated rings. The van der Waals surface area contributed by atoms with Crippen LogP contribution in [0.5, 0.6) is 0 Å². The van der Waals surface area contributed by atoms with Gasteiger partial charge in [-0.25, -0.2) is 9.78 Å². The standard InChI is InChI=1S/C15H21ClIN3O3/c1-15(2,3)23-14(21)20-4-5-22-10(9-20)7-18-12-6-13(16)19-8-11(12)17/h6,8,10H,4-5,7,9H2,1-3H3,(H,18,19)/t10-/m1/s1. The lowest BCUT2D eigenvalue weighted by atomic mass is 10.2. The van der Waals surface area contributed by atoms with Gasteiger partial charge in [0.15, 0.2) is 0 Å². The van der Waals surface area contributed by atoms with E-state index < -0.39 is 5.60 Å². The van der Waals surface area contributed by atoms with Gasteiger partial charge < -0.3 is 19.7 Å². The predicted molar refractivity (Wildman–Crippen MR) is 98.0 cm³/mol. The van der Waals surface area contributed by atoms with Crippen LogP contribution >= 0.6 is 34.2 Å². The third kappa shape index (κ3) is 5.96. The molecule has 0 saturated carbocycles. The van der Waals surface area contributed by atoms with Crippen molar-refractivity contribution in [2.75, 3.05) is 31.6 Å². The summed E-state index contributed by atoms with van der Waals surface area (Å²) in [6, 6.07) is 1.78. The number of hydrogen-bond donors (Lipinski definition) is 1. The Labute approximate surface area is 155 Å². The van der Waals surface area contributed by atoms with E-state index in [1.165, 1.54) is 0 Å². The molecule has 0 aliphatic carbocycles. The summed E-state index contributed by atoms with van der Waals surface area (Å²) in [6.07, 6.45) is 1.31. The van der Waals surface area contributed by atoms with E-state index in [9.17, 15) is 4.79 Å². The summed E-state index contributed by atoms with van der Waals surface area (Å²) in [7, 11) is 0. The SMILES string of the molecule is CC(C)(C)OC(=O)N1CCO[C@H](CNc2cc(Cl)ncc2I)C1. The number of halogens is 2. The summed E-state index contributed by atoms with van der Waals surface area (Å²) in [4.78, 5) is 17.8. The minimum Gasteiger partial charge on any atom is -0.444 e. The van der Waals surface area contributed by atoms with Gasteiger partial charge in [0.25, 0.3) is 0 Å². The third-order valence-electron chi connectivity index (χ3n) is 3.13. The van der Waals surface area contributed by atoms with Crippen molar-refractivity contribution >= 4 is 46.0 Å². The van der Waals surface area contributed by atoms with Crippen LogP contribution in [0, 0.1) is 3.57 Å². The number of hydrogen-bond acceptors (Lipinski definition) is 5. The van der Waals surface area contributed by atoms with Gasteiger partial charge in [-0.1, -0.05) is 11.6 Å². The quantitative estimate of drug-likeness (QED) is 0.561. The topological polar surface area (TPSA) is 63.7 Å². The van der Waals surface area contributed by atoms with Gasteiger partial charge in [-0.05, 0) is 49.4 Å². The van der Waals surface area contributed by atoms with Crippen LogP contribution in [0.25, 0.3) is 0 Å². The molecule has 2 rings (SSSR count). The Kier molecular flexibility index (Phi) is 6.33. The van der Waals surface area contributed by atoms with Crippen LogP contribution in [0.15, 0.2) is 12.3 Å². The monoisotopic (exact) mass is 453 g/mol. The molecular formula is C15H21ClIN3O3. The molecule has 1 N–H and O–H groups in total. The van der Waals surface area contributed by atoms with Crippen LogP contribution in [0.2, 0.25) is 5.15 Å². The molecule has 0 aromatic carbocycles. The fraction of sp³-hybridized carbons (Fsp3) is 0.600. The number of ether oxygens (including phenoxy) is 2. The molecular weight excluding hydrogens is 433 g/mol. The summed E-state index contributed by atoms with van der Waals surface area (Å²) in [6.45, 7) is 7.70. The maximum atomic E-state index is 12.1. The molecule has 128 valence electrons. The van der Waals surface area contributed by atoms with E-state index in [0.717, 1.165) is 9.26 Å². The van der Waals surface area contributed by atoms with Gasteiger partial charge in [-0.2, -0.15) is 0 Å². The van der Waals surface area contributed by atoms with Crippen LogP contribution in [-0.4, -0.2) is 53.9 Å². The number of carbonyl (C=O) groups is 1. The van der Waals surface area contributed by atoms with Gasteiger partial charge in [0, 0.05) is 19.3 Å². The number of anilines is 1. The first kappa shape index (κ1) is 18.5. The first-order valence-electron chi connectivity index (χ1n) is 7.39. The Morgan fingerprint density at radius 3 is 3.04 bits per heavy atom. The van der Waals surface area contributed by atoms with Crippen LogP contribution < -0.4 is 5.32 Å². The summed E-state index contributed by atoms with van der Waals surface area (Å²) < 4.78 is 12.1. The maximum absolute atomic E-state index is 12.1. The molecule has 1 aromatic heterocycles. The molecule has 8 heteroatoms. The lowest BCUT2D eigenvalue weighted by molar-refractivity contribution is -0.0371. The number of pyridine rings is 1. The van der Waals surface area contributed by atoms with Crippen molar-refractivity contribution in [3.8, 4) is 0 Å². The molecule has 1 aromatic rings. The van der Waals surface area contributed by atoms with E-state index in [2.05, 4.69) is 32.9 Å². The van der Waals surface area contributed by atoms with Crippen molar-refractivity contribution in [3.05, 3.63) is 21.0 Å². The van der Waals surface area contributed by atoms with Crippen LogP contribution in [0.1, 0.15) is 20.8 Å². The van der Waals surface area contributed by atoms with Gasteiger partial charge in [0.05, 0.1) is 28.5 Å². The third-order valence-corrected chi connectivity index (χ3v) is 4.20. The fourth-order valence-corrected chi connectivity index (χ4v) is 2.75. The average Bonchev–Trinajstić information content (AvgIpc) is 2.47. The minimum absolute atomic E-state index is 0.0981. The molecule has 6 nitrogen and oxygen atoms in total. The highest BCUT2D eigenvalue weighted by Crippen LogP contribution is 2.21. The predicted octanol–water partition coefficient (Wildman–Crippen LogP) is 3.39. The van der Waals surface area contributed by atoms with Crippen LogP contribution in [0.3, 0.4) is 0 Å². The summed E-state index contributed by atoms with van der Waals surface area (Å²) in [5.41, 5.74) is 0.413. The Hall–Kier alpha value is -0.800. The molecule has 1 aliphatic heterocycles. The molecule has 1 aliphatic rings. The van der Waals surface area contributed by atoms with E-state index >= 15 is 0 Å². The first-order chi connectivity index (χ1) is 10.7. The molecule has 1 atom stereocenters. The van der Waals surface area contributed by atoms with Crippen molar-refractivity contribution < 1.29 is 14.3 Å². The van der Waals surface area contributed by atoms with E-state index in [0.29, 0.717) is 31.4 Å². The Balaban J connectivity index is 1.89. The van der Waals surface area contributed by atoms with E-state index in [1.54, 1.807) is 17.2 Å². The second-order valence-corrected chi connectivity index (χ2v) is 7.84. The Bertz CT molecular complexity index is 565.